The van der Waals surface area contributed by atoms with Crippen molar-refractivity contribution >= 4 is 6.09 Å². The molecule has 0 saturated carbocycles. The number of amides is 1. The third kappa shape index (κ3) is 9.70. The smallest absolute Gasteiger partial charge is 0.404 e. The van der Waals surface area contributed by atoms with Crippen LogP contribution in [-0.2, 0) is 4.74 Å². The van der Waals surface area contributed by atoms with Crippen LogP contribution in [0, 0.1) is 13.8 Å². The molecule has 0 radical (unpaired) electrons. The van der Waals surface area contributed by atoms with Crippen LogP contribution in [0.2, 0.25) is 0 Å². The fourth-order valence-electron chi connectivity index (χ4n) is 1.56. The van der Waals surface area contributed by atoms with E-state index in [1.54, 1.807) is 0 Å². The first-order chi connectivity index (χ1) is 8.45. The Kier molecular flexibility index (Phi) is 8.71. The van der Waals surface area contributed by atoms with Crippen molar-refractivity contribution in [2.45, 2.75) is 53.1 Å². The van der Waals surface area contributed by atoms with E-state index in [4.69, 9.17) is 10.5 Å². The average Bonchev–Trinajstić information content (AvgIpc) is 2.26. The second-order valence-electron chi connectivity index (χ2n) is 4.55. The van der Waals surface area contributed by atoms with Crippen molar-refractivity contribution in [3.63, 3.8) is 0 Å². The number of hydrogen-bond acceptors (Lipinski definition) is 2. The normalized spacial score (nSPS) is 11.1. The number of carbonyl (C=O) groups excluding carboxylic acids is 1. The van der Waals surface area contributed by atoms with Crippen molar-refractivity contribution in [3.8, 4) is 0 Å². The molecule has 2 N–H and O–H groups in total. The van der Waals surface area contributed by atoms with Gasteiger partial charge in [-0.2, -0.15) is 0 Å². The Morgan fingerprint density at radius 3 is 2.22 bits per heavy atom. The van der Waals surface area contributed by atoms with Crippen molar-refractivity contribution in [1.29, 1.82) is 0 Å². The third-order valence-electron chi connectivity index (χ3n) is 2.46. The Hall–Kier alpha value is -1.51. The Labute approximate surface area is 110 Å². The van der Waals surface area contributed by atoms with Gasteiger partial charge in [0.15, 0.2) is 0 Å². The van der Waals surface area contributed by atoms with Gasteiger partial charge in [-0.3, -0.25) is 0 Å². The summed E-state index contributed by atoms with van der Waals surface area (Å²) in [5, 5.41) is 0. The van der Waals surface area contributed by atoms with Crippen LogP contribution in [0.4, 0.5) is 4.79 Å². The van der Waals surface area contributed by atoms with Gasteiger partial charge in [-0.25, -0.2) is 4.79 Å². The molecular weight excluding hydrogens is 226 g/mol. The molecule has 3 nitrogen and oxygen atoms in total. The SMILES string of the molecule is CCCCC(C)OC(N)=O.Cc1cccc(C)c1. The summed E-state index contributed by atoms with van der Waals surface area (Å²) in [6.07, 6.45) is 2.39. The van der Waals surface area contributed by atoms with Crippen LogP contribution >= 0.6 is 0 Å². The number of benzene rings is 1. The van der Waals surface area contributed by atoms with Gasteiger partial charge in [0.2, 0.25) is 0 Å². The van der Waals surface area contributed by atoms with Gasteiger partial charge in [0.05, 0.1) is 0 Å². The molecule has 102 valence electrons. The summed E-state index contributed by atoms with van der Waals surface area (Å²) in [7, 11) is 0. The first-order valence-corrected chi connectivity index (χ1v) is 6.45. The number of aryl methyl sites for hydroxylation is 2. The fourth-order valence-corrected chi connectivity index (χ4v) is 1.56. The predicted octanol–water partition coefficient (Wildman–Crippen LogP) is 3.96. The van der Waals surface area contributed by atoms with Crippen LogP contribution < -0.4 is 5.73 Å². The predicted molar refractivity (Wildman–Crippen MR) is 75.6 cm³/mol. The highest BCUT2D eigenvalue weighted by molar-refractivity contribution is 5.64. The molecule has 0 aliphatic rings. The minimum absolute atomic E-state index is 0.0301. The summed E-state index contributed by atoms with van der Waals surface area (Å²) in [6.45, 7) is 8.15. The molecule has 1 aromatic rings. The molecular formula is C15H25NO2. The van der Waals surface area contributed by atoms with Gasteiger partial charge in [-0.15, -0.1) is 0 Å². The number of hydrogen-bond donors (Lipinski definition) is 1. The molecule has 1 amide bonds. The minimum Gasteiger partial charge on any atom is -0.447 e. The Bertz CT molecular complexity index is 333. The number of nitrogens with two attached hydrogens (primary N) is 1. The molecule has 0 aromatic heterocycles. The van der Waals surface area contributed by atoms with E-state index in [0.717, 1.165) is 19.3 Å². The van der Waals surface area contributed by atoms with Crippen molar-refractivity contribution in [2.24, 2.45) is 5.73 Å². The number of unbranched alkanes of at least 4 members (excludes halogenated alkanes) is 1. The summed E-state index contributed by atoms with van der Waals surface area (Å²) < 4.78 is 4.69. The molecule has 0 bridgehead atoms. The van der Waals surface area contributed by atoms with E-state index in [0.29, 0.717) is 0 Å². The summed E-state index contributed by atoms with van der Waals surface area (Å²) in [6, 6.07) is 8.45. The topological polar surface area (TPSA) is 52.3 Å². The molecule has 1 rings (SSSR count). The van der Waals surface area contributed by atoms with Crippen molar-refractivity contribution in [1.82, 2.24) is 0 Å². The number of carbonyl (C=O) groups is 1. The van der Waals surface area contributed by atoms with Gasteiger partial charge < -0.3 is 10.5 Å². The van der Waals surface area contributed by atoms with E-state index in [-0.39, 0.29) is 6.10 Å². The van der Waals surface area contributed by atoms with E-state index in [2.05, 4.69) is 45.0 Å². The van der Waals surface area contributed by atoms with Gasteiger partial charge in [-0.05, 0) is 27.2 Å². The molecule has 0 heterocycles. The van der Waals surface area contributed by atoms with Crippen LogP contribution in [-0.4, -0.2) is 12.2 Å². The quantitative estimate of drug-likeness (QED) is 0.880. The van der Waals surface area contributed by atoms with Crippen LogP contribution in [0.5, 0.6) is 0 Å². The molecule has 0 aliphatic heterocycles. The van der Waals surface area contributed by atoms with Gasteiger partial charge >= 0.3 is 6.09 Å². The molecule has 0 saturated heterocycles. The standard InChI is InChI=1S/C8H10.C7H15NO2/c1-7-4-3-5-8(2)6-7;1-3-4-5-6(2)10-7(8)9/h3-6H,1-2H3;6H,3-5H2,1-2H3,(H2,8,9). The summed E-state index contributed by atoms with van der Waals surface area (Å²) in [5.41, 5.74) is 7.48. The molecule has 0 fully saturated rings. The Balaban J connectivity index is 0.000000327. The maximum Gasteiger partial charge on any atom is 0.404 e. The monoisotopic (exact) mass is 251 g/mol. The van der Waals surface area contributed by atoms with Crippen LogP contribution in [0.1, 0.15) is 44.2 Å². The van der Waals surface area contributed by atoms with E-state index in [9.17, 15) is 4.79 Å². The average molecular weight is 251 g/mol. The lowest BCUT2D eigenvalue weighted by Gasteiger charge is -2.09. The maximum absolute atomic E-state index is 10.2. The molecule has 1 unspecified atom stereocenters. The highest BCUT2D eigenvalue weighted by Gasteiger charge is 2.03. The zero-order valence-corrected chi connectivity index (χ0v) is 11.9. The maximum atomic E-state index is 10.2. The first kappa shape index (κ1) is 16.5. The number of rotatable bonds is 4. The molecule has 3 heteroatoms. The number of primary amides is 1. The molecule has 1 atom stereocenters. The fraction of sp³-hybridized carbons (Fsp3) is 0.533. The van der Waals surface area contributed by atoms with Crippen molar-refractivity contribution < 1.29 is 9.53 Å². The summed E-state index contributed by atoms with van der Waals surface area (Å²) >= 11 is 0. The lowest BCUT2D eigenvalue weighted by molar-refractivity contribution is 0.110. The largest absolute Gasteiger partial charge is 0.447 e. The summed E-state index contributed by atoms with van der Waals surface area (Å²) in [5.74, 6) is 0. The molecule has 0 spiro atoms. The van der Waals surface area contributed by atoms with E-state index in [1.807, 2.05) is 6.92 Å². The highest BCUT2D eigenvalue weighted by atomic mass is 16.6. The van der Waals surface area contributed by atoms with E-state index in [1.165, 1.54) is 11.1 Å². The summed E-state index contributed by atoms with van der Waals surface area (Å²) in [4.78, 5) is 10.2. The molecule has 1 aromatic carbocycles. The Morgan fingerprint density at radius 1 is 1.33 bits per heavy atom. The van der Waals surface area contributed by atoms with Crippen molar-refractivity contribution in [3.05, 3.63) is 35.4 Å². The second-order valence-corrected chi connectivity index (χ2v) is 4.55. The number of ether oxygens (including phenoxy) is 1. The lowest BCUT2D eigenvalue weighted by Crippen LogP contribution is -2.20. The minimum atomic E-state index is -0.677. The van der Waals surface area contributed by atoms with Crippen LogP contribution in [0.25, 0.3) is 0 Å². The third-order valence-corrected chi connectivity index (χ3v) is 2.46. The van der Waals surface area contributed by atoms with Crippen LogP contribution in [0.3, 0.4) is 0 Å². The zero-order valence-electron chi connectivity index (χ0n) is 11.9. The lowest BCUT2D eigenvalue weighted by atomic mass is 10.2. The highest BCUT2D eigenvalue weighted by Crippen LogP contribution is 2.03. The van der Waals surface area contributed by atoms with Gasteiger partial charge in [0.1, 0.15) is 6.10 Å². The van der Waals surface area contributed by atoms with E-state index >= 15 is 0 Å². The molecule has 0 aliphatic carbocycles. The second kappa shape index (κ2) is 9.51. The van der Waals surface area contributed by atoms with Crippen LogP contribution in [0.15, 0.2) is 24.3 Å². The van der Waals surface area contributed by atoms with Gasteiger partial charge in [-0.1, -0.05) is 55.2 Å². The van der Waals surface area contributed by atoms with Gasteiger partial charge in [0.25, 0.3) is 0 Å². The molecule has 18 heavy (non-hydrogen) atoms. The van der Waals surface area contributed by atoms with Gasteiger partial charge in [0, 0.05) is 0 Å². The first-order valence-electron chi connectivity index (χ1n) is 6.45. The Morgan fingerprint density at radius 2 is 1.89 bits per heavy atom. The zero-order chi connectivity index (χ0) is 14.0. The van der Waals surface area contributed by atoms with E-state index < -0.39 is 6.09 Å². The van der Waals surface area contributed by atoms with Crippen molar-refractivity contribution in [2.75, 3.05) is 0 Å².